The lowest BCUT2D eigenvalue weighted by Gasteiger charge is -2.33. The molecule has 1 heterocycles. The topological polar surface area (TPSA) is 12.5 Å². The van der Waals surface area contributed by atoms with Crippen LogP contribution in [0.2, 0.25) is 0 Å². The van der Waals surface area contributed by atoms with Gasteiger partial charge in [0.1, 0.15) is 6.26 Å². The van der Waals surface area contributed by atoms with E-state index in [0.29, 0.717) is 0 Å². The summed E-state index contributed by atoms with van der Waals surface area (Å²) in [5.41, 5.74) is 3.52. The Hall–Kier alpha value is -1.44. The summed E-state index contributed by atoms with van der Waals surface area (Å²) in [5, 5.41) is 0. The van der Waals surface area contributed by atoms with Crippen LogP contribution >= 0.6 is 0 Å². The summed E-state index contributed by atoms with van der Waals surface area (Å²) >= 11 is 0. The standard InChI is InChI=1S/C13H17NO.C2H6/c1-10-6-5-7-11(2)12(10)14-8-9-15-13(14,3)4;1-2/h5-9H,1-4H3;1-2H3. The van der Waals surface area contributed by atoms with Crippen LogP contribution in [0.15, 0.2) is 30.7 Å². The molecule has 17 heavy (non-hydrogen) atoms. The molecule has 0 atom stereocenters. The molecule has 0 bridgehead atoms. The lowest BCUT2D eigenvalue weighted by molar-refractivity contribution is 0.0844. The molecule has 0 unspecified atom stereocenters. The zero-order valence-corrected chi connectivity index (χ0v) is 11.7. The number of aryl methyl sites for hydroxylation is 2. The van der Waals surface area contributed by atoms with Gasteiger partial charge in [-0.05, 0) is 38.8 Å². The average molecular weight is 233 g/mol. The van der Waals surface area contributed by atoms with Gasteiger partial charge in [-0.1, -0.05) is 32.0 Å². The van der Waals surface area contributed by atoms with E-state index in [0.717, 1.165) is 0 Å². The van der Waals surface area contributed by atoms with Crippen LogP contribution in [0.5, 0.6) is 0 Å². The second-order valence-electron chi connectivity index (χ2n) is 4.46. The molecular weight excluding hydrogens is 210 g/mol. The Bertz CT molecular complexity index is 387. The van der Waals surface area contributed by atoms with Crippen LogP contribution in [0.25, 0.3) is 0 Å². The van der Waals surface area contributed by atoms with Crippen LogP contribution in [-0.2, 0) is 4.74 Å². The molecule has 0 aliphatic carbocycles. The van der Waals surface area contributed by atoms with E-state index in [-0.39, 0.29) is 5.72 Å². The molecular formula is C15H23NO. The van der Waals surface area contributed by atoms with Gasteiger partial charge >= 0.3 is 0 Å². The molecule has 0 radical (unpaired) electrons. The molecule has 2 nitrogen and oxygen atoms in total. The van der Waals surface area contributed by atoms with Crippen LogP contribution in [0.4, 0.5) is 5.69 Å². The summed E-state index contributed by atoms with van der Waals surface area (Å²) in [6.07, 6.45) is 3.75. The number of nitrogens with zero attached hydrogens (tertiary/aromatic N) is 1. The number of hydrogen-bond donors (Lipinski definition) is 0. The maximum Gasteiger partial charge on any atom is 0.180 e. The van der Waals surface area contributed by atoms with Gasteiger partial charge in [-0.15, -0.1) is 0 Å². The van der Waals surface area contributed by atoms with Crippen molar-refractivity contribution in [3.05, 3.63) is 41.8 Å². The average Bonchev–Trinajstić information content (AvgIpc) is 2.62. The highest BCUT2D eigenvalue weighted by Crippen LogP contribution is 2.34. The van der Waals surface area contributed by atoms with E-state index < -0.39 is 0 Å². The lowest BCUT2D eigenvalue weighted by Crippen LogP contribution is -2.38. The van der Waals surface area contributed by atoms with Crippen molar-refractivity contribution in [2.45, 2.75) is 47.3 Å². The van der Waals surface area contributed by atoms with E-state index in [1.807, 2.05) is 20.0 Å². The molecule has 2 rings (SSSR count). The van der Waals surface area contributed by atoms with Crippen LogP contribution in [0.1, 0.15) is 38.8 Å². The van der Waals surface area contributed by atoms with E-state index in [1.165, 1.54) is 16.8 Å². The van der Waals surface area contributed by atoms with Crippen molar-refractivity contribution in [1.29, 1.82) is 0 Å². The van der Waals surface area contributed by atoms with Crippen molar-refractivity contribution >= 4 is 5.69 Å². The van der Waals surface area contributed by atoms with Gasteiger partial charge in [0.05, 0.1) is 5.69 Å². The SMILES string of the molecule is CC.Cc1cccc(C)c1N1C=COC1(C)C. The summed E-state index contributed by atoms with van der Waals surface area (Å²) in [6, 6.07) is 6.34. The number of benzene rings is 1. The first kappa shape index (κ1) is 13.6. The fraction of sp³-hybridized carbons (Fsp3) is 0.467. The molecule has 0 aromatic heterocycles. The second-order valence-corrected chi connectivity index (χ2v) is 4.46. The fourth-order valence-corrected chi connectivity index (χ4v) is 2.02. The Labute approximate surface area is 105 Å². The Morgan fingerprint density at radius 2 is 1.59 bits per heavy atom. The monoisotopic (exact) mass is 233 g/mol. The molecule has 0 spiro atoms. The van der Waals surface area contributed by atoms with Gasteiger partial charge in [0.15, 0.2) is 5.72 Å². The van der Waals surface area contributed by atoms with Crippen molar-refractivity contribution in [1.82, 2.24) is 0 Å². The molecule has 1 aliphatic heterocycles. The van der Waals surface area contributed by atoms with E-state index in [4.69, 9.17) is 4.74 Å². The van der Waals surface area contributed by atoms with E-state index in [1.54, 1.807) is 6.26 Å². The predicted molar refractivity (Wildman–Crippen MR) is 74.0 cm³/mol. The minimum atomic E-state index is -0.281. The maximum atomic E-state index is 5.56. The summed E-state index contributed by atoms with van der Waals surface area (Å²) in [4.78, 5) is 2.18. The summed E-state index contributed by atoms with van der Waals surface area (Å²) in [7, 11) is 0. The molecule has 94 valence electrons. The van der Waals surface area contributed by atoms with Gasteiger partial charge < -0.3 is 9.64 Å². The fourth-order valence-electron chi connectivity index (χ4n) is 2.02. The smallest absolute Gasteiger partial charge is 0.180 e. The lowest BCUT2D eigenvalue weighted by atomic mass is 10.1. The van der Waals surface area contributed by atoms with Gasteiger partial charge in [-0.3, -0.25) is 0 Å². The zero-order chi connectivity index (χ0) is 13.1. The third-order valence-electron chi connectivity index (χ3n) is 2.83. The first-order valence-electron chi connectivity index (χ1n) is 6.22. The Morgan fingerprint density at radius 3 is 2.00 bits per heavy atom. The minimum Gasteiger partial charge on any atom is -0.474 e. The number of rotatable bonds is 1. The molecule has 1 aliphatic rings. The maximum absolute atomic E-state index is 5.56. The molecule has 0 saturated carbocycles. The first-order chi connectivity index (χ1) is 8.02. The highest BCUT2D eigenvalue weighted by molar-refractivity contribution is 5.62. The minimum absolute atomic E-state index is 0.281. The molecule has 0 saturated heterocycles. The highest BCUT2D eigenvalue weighted by atomic mass is 16.5. The molecule has 0 amide bonds. The Kier molecular flexibility index (Phi) is 4.22. The van der Waals surface area contributed by atoms with E-state index in [2.05, 4.69) is 50.8 Å². The molecule has 1 aromatic carbocycles. The van der Waals surface area contributed by atoms with Crippen molar-refractivity contribution in [2.75, 3.05) is 4.90 Å². The number of hydrogen-bond acceptors (Lipinski definition) is 2. The van der Waals surface area contributed by atoms with Gasteiger partial charge in [-0.25, -0.2) is 0 Å². The molecule has 0 N–H and O–H groups in total. The second kappa shape index (κ2) is 5.26. The van der Waals surface area contributed by atoms with Crippen molar-refractivity contribution in [3.63, 3.8) is 0 Å². The van der Waals surface area contributed by atoms with Crippen LogP contribution in [0.3, 0.4) is 0 Å². The van der Waals surface area contributed by atoms with Crippen LogP contribution in [-0.4, -0.2) is 5.72 Å². The number of anilines is 1. The summed E-state index contributed by atoms with van der Waals surface area (Å²) in [6.45, 7) is 12.4. The number of para-hydroxylation sites is 1. The Morgan fingerprint density at radius 1 is 1.06 bits per heavy atom. The Balaban J connectivity index is 0.000000686. The van der Waals surface area contributed by atoms with Gasteiger partial charge in [0, 0.05) is 6.20 Å². The van der Waals surface area contributed by atoms with Crippen molar-refractivity contribution in [3.8, 4) is 0 Å². The van der Waals surface area contributed by atoms with Crippen molar-refractivity contribution in [2.24, 2.45) is 0 Å². The quantitative estimate of drug-likeness (QED) is 0.714. The van der Waals surface area contributed by atoms with Crippen molar-refractivity contribution < 1.29 is 4.74 Å². The summed E-state index contributed by atoms with van der Waals surface area (Å²) < 4.78 is 5.56. The van der Waals surface area contributed by atoms with E-state index >= 15 is 0 Å². The van der Waals surface area contributed by atoms with Crippen LogP contribution < -0.4 is 4.90 Å². The van der Waals surface area contributed by atoms with Gasteiger partial charge in [0.25, 0.3) is 0 Å². The highest BCUT2D eigenvalue weighted by Gasteiger charge is 2.31. The molecule has 0 fully saturated rings. The summed E-state index contributed by atoms with van der Waals surface area (Å²) in [5.74, 6) is 0. The third-order valence-corrected chi connectivity index (χ3v) is 2.83. The molecule has 2 heteroatoms. The normalized spacial score (nSPS) is 16.2. The van der Waals surface area contributed by atoms with Gasteiger partial charge in [0.2, 0.25) is 0 Å². The third kappa shape index (κ3) is 2.63. The zero-order valence-electron chi connectivity index (χ0n) is 11.7. The first-order valence-corrected chi connectivity index (χ1v) is 6.22. The molecule has 1 aromatic rings. The van der Waals surface area contributed by atoms with Gasteiger partial charge in [-0.2, -0.15) is 0 Å². The van der Waals surface area contributed by atoms with E-state index in [9.17, 15) is 0 Å². The largest absolute Gasteiger partial charge is 0.474 e. The number of ether oxygens (including phenoxy) is 1. The van der Waals surface area contributed by atoms with Crippen LogP contribution in [0, 0.1) is 13.8 Å². The predicted octanol–water partition coefficient (Wildman–Crippen LogP) is 4.37.